The summed E-state index contributed by atoms with van der Waals surface area (Å²) in [7, 11) is 1.36. The van der Waals surface area contributed by atoms with E-state index in [-0.39, 0.29) is 0 Å². The number of carbonyl (C=O) groups is 1. The van der Waals surface area contributed by atoms with Gasteiger partial charge in [-0.3, -0.25) is 4.40 Å². The Morgan fingerprint density at radius 3 is 2.81 bits per heavy atom. The van der Waals surface area contributed by atoms with Crippen molar-refractivity contribution < 1.29 is 9.53 Å². The zero-order valence-electron chi connectivity index (χ0n) is 11.6. The lowest BCUT2D eigenvalue weighted by atomic mass is 10.1. The summed E-state index contributed by atoms with van der Waals surface area (Å²) < 4.78 is 6.56. The lowest BCUT2D eigenvalue weighted by Crippen LogP contribution is -2.03. The Morgan fingerprint density at radius 2 is 2.10 bits per heavy atom. The number of imidazole rings is 1. The maximum absolute atomic E-state index is 11.7. The van der Waals surface area contributed by atoms with Crippen LogP contribution in [0.1, 0.15) is 15.9 Å². The number of hydrogen-bond donors (Lipinski definition) is 0. The van der Waals surface area contributed by atoms with Crippen molar-refractivity contribution in [3.63, 3.8) is 0 Å². The fourth-order valence-corrected chi connectivity index (χ4v) is 2.51. The average Bonchev–Trinajstić information content (AvgIpc) is 2.83. The molecule has 0 aliphatic heterocycles. The molecule has 3 rings (SSSR count). The summed E-state index contributed by atoms with van der Waals surface area (Å²) in [5.74, 6) is 0.307. The molecule has 106 valence electrons. The van der Waals surface area contributed by atoms with Gasteiger partial charge in [-0.2, -0.15) is 0 Å². The second kappa shape index (κ2) is 5.22. The largest absolute Gasteiger partial charge is 0.465 e. The summed E-state index contributed by atoms with van der Waals surface area (Å²) in [6, 6.07) is 11.4. The number of fused-ring (bicyclic) bond motifs is 1. The quantitative estimate of drug-likeness (QED) is 0.677. The fraction of sp³-hybridized carbons (Fsp3) is 0.125. The normalized spacial score (nSPS) is 10.8. The van der Waals surface area contributed by atoms with Crippen molar-refractivity contribution in [1.29, 1.82) is 0 Å². The van der Waals surface area contributed by atoms with Crippen LogP contribution < -0.4 is 0 Å². The summed E-state index contributed by atoms with van der Waals surface area (Å²) >= 11 is 6.19. The minimum absolute atomic E-state index is 0.392. The zero-order chi connectivity index (χ0) is 15.0. The van der Waals surface area contributed by atoms with Crippen molar-refractivity contribution in [3.8, 4) is 11.4 Å². The van der Waals surface area contributed by atoms with E-state index in [2.05, 4.69) is 4.98 Å². The number of aryl methyl sites for hydroxylation is 1. The molecule has 0 amide bonds. The van der Waals surface area contributed by atoms with E-state index in [0.717, 1.165) is 16.6 Å². The molecule has 0 bridgehead atoms. The molecule has 5 heteroatoms. The molecule has 0 aliphatic carbocycles. The Bertz CT molecular complexity index is 839. The maximum atomic E-state index is 11.7. The second-order valence-electron chi connectivity index (χ2n) is 4.76. The van der Waals surface area contributed by atoms with Gasteiger partial charge < -0.3 is 4.74 Å². The van der Waals surface area contributed by atoms with Crippen molar-refractivity contribution in [3.05, 3.63) is 58.9 Å². The SMILES string of the molecule is COC(=O)c1ccc2c(Cl)nc(-c3cccc(C)c3)n2c1. The number of carbonyl (C=O) groups excluding carboxylic acids is 1. The third-order valence-electron chi connectivity index (χ3n) is 3.29. The molecule has 0 aliphatic rings. The first-order valence-electron chi connectivity index (χ1n) is 6.43. The third kappa shape index (κ3) is 2.38. The first-order valence-corrected chi connectivity index (χ1v) is 6.81. The maximum Gasteiger partial charge on any atom is 0.339 e. The number of ether oxygens (including phenoxy) is 1. The number of hydrogen-bond acceptors (Lipinski definition) is 3. The van der Waals surface area contributed by atoms with Gasteiger partial charge in [0.2, 0.25) is 0 Å². The lowest BCUT2D eigenvalue weighted by Gasteiger charge is -2.04. The molecule has 0 N–H and O–H groups in total. The van der Waals surface area contributed by atoms with E-state index in [4.69, 9.17) is 16.3 Å². The molecule has 3 aromatic rings. The predicted molar refractivity (Wildman–Crippen MR) is 81.7 cm³/mol. The van der Waals surface area contributed by atoms with Crippen LogP contribution in [0.5, 0.6) is 0 Å². The molecule has 0 saturated carbocycles. The Hall–Kier alpha value is -2.33. The van der Waals surface area contributed by atoms with Gasteiger partial charge in [-0.15, -0.1) is 0 Å². The molecule has 0 unspecified atom stereocenters. The van der Waals surface area contributed by atoms with Gasteiger partial charge in [0.15, 0.2) is 5.15 Å². The molecule has 0 fully saturated rings. The third-order valence-corrected chi connectivity index (χ3v) is 3.57. The molecule has 1 aromatic carbocycles. The van der Waals surface area contributed by atoms with Crippen molar-refractivity contribution in [1.82, 2.24) is 9.38 Å². The van der Waals surface area contributed by atoms with Gasteiger partial charge in [0.1, 0.15) is 5.82 Å². The molecule has 0 atom stereocenters. The van der Waals surface area contributed by atoms with E-state index < -0.39 is 5.97 Å². The van der Waals surface area contributed by atoms with Crippen LogP contribution in [-0.2, 0) is 4.74 Å². The van der Waals surface area contributed by atoms with Crippen LogP contribution >= 0.6 is 11.6 Å². The highest BCUT2D eigenvalue weighted by Crippen LogP contribution is 2.26. The second-order valence-corrected chi connectivity index (χ2v) is 5.12. The highest BCUT2D eigenvalue weighted by atomic mass is 35.5. The number of halogens is 1. The Kier molecular flexibility index (Phi) is 3.39. The van der Waals surface area contributed by atoms with E-state index in [1.54, 1.807) is 18.3 Å². The van der Waals surface area contributed by atoms with Gasteiger partial charge in [-0.25, -0.2) is 9.78 Å². The van der Waals surface area contributed by atoms with Crippen molar-refractivity contribution in [2.45, 2.75) is 6.92 Å². The number of benzene rings is 1. The highest BCUT2D eigenvalue weighted by Gasteiger charge is 2.14. The van der Waals surface area contributed by atoms with Crippen LogP contribution in [-0.4, -0.2) is 22.5 Å². The predicted octanol–water partition coefficient (Wildman–Crippen LogP) is 3.75. The van der Waals surface area contributed by atoms with Crippen LogP contribution in [0.25, 0.3) is 16.9 Å². The van der Waals surface area contributed by atoms with E-state index in [9.17, 15) is 4.79 Å². The number of pyridine rings is 1. The fourth-order valence-electron chi connectivity index (χ4n) is 2.27. The van der Waals surface area contributed by atoms with Crippen LogP contribution in [0.4, 0.5) is 0 Å². The first-order chi connectivity index (χ1) is 10.1. The molecule has 2 aromatic heterocycles. The summed E-state index contributed by atoms with van der Waals surface area (Å²) in [6.07, 6.45) is 1.69. The van der Waals surface area contributed by atoms with E-state index in [1.165, 1.54) is 7.11 Å². The van der Waals surface area contributed by atoms with Crippen LogP contribution in [0.2, 0.25) is 5.15 Å². The van der Waals surface area contributed by atoms with Crippen molar-refractivity contribution in [2.24, 2.45) is 0 Å². The molecular formula is C16H13ClN2O2. The Labute approximate surface area is 126 Å². The van der Waals surface area contributed by atoms with Crippen LogP contribution in [0.3, 0.4) is 0 Å². The number of nitrogens with zero attached hydrogens (tertiary/aromatic N) is 2. The van der Waals surface area contributed by atoms with Crippen LogP contribution in [0.15, 0.2) is 42.6 Å². The molecule has 2 heterocycles. The van der Waals surface area contributed by atoms with Gasteiger partial charge in [0.05, 0.1) is 18.2 Å². The molecule has 21 heavy (non-hydrogen) atoms. The number of aromatic nitrogens is 2. The van der Waals surface area contributed by atoms with E-state index >= 15 is 0 Å². The Balaban J connectivity index is 2.25. The van der Waals surface area contributed by atoms with E-state index in [0.29, 0.717) is 16.5 Å². The smallest absolute Gasteiger partial charge is 0.339 e. The average molecular weight is 301 g/mol. The number of esters is 1. The van der Waals surface area contributed by atoms with Gasteiger partial charge in [0.25, 0.3) is 0 Å². The Morgan fingerprint density at radius 1 is 1.29 bits per heavy atom. The highest BCUT2D eigenvalue weighted by molar-refractivity contribution is 6.33. The first kappa shape index (κ1) is 13.6. The summed E-state index contributed by atoms with van der Waals surface area (Å²) in [6.45, 7) is 2.01. The summed E-state index contributed by atoms with van der Waals surface area (Å²) in [5, 5.41) is 0.405. The molecule has 0 spiro atoms. The van der Waals surface area contributed by atoms with Gasteiger partial charge in [-0.05, 0) is 25.1 Å². The minimum Gasteiger partial charge on any atom is -0.465 e. The van der Waals surface area contributed by atoms with Gasteiger partial charge in [-0.1, -0.05) is 35.4 Å². The van der Waals surface area contributed by atoms with Crippen LogP contribution in [0, 0.1) is 6.92 Å². The van der Waals surface area contributed by atoms with E-state index in [1.807, 2.05) is 35.6 Å². The van der Waals surface area contributed by atoms with Crippen molar-refractivity contribution >= 4 is 23.1 Å². The molecule has 0 radical (unpaired) electrons. The topological polar surface area (TPSA) is 43.6 Å². The molecule has 0 saturated heterocycles. The van der Waals surface area contributed by atoms with Gasteiger partial charge >= 0.3 is 5.97 Å². The summed E-state index contributed by atoms with van der Waals surface area (Å²) in [4.78, 5) is 16.1. The number of methoxy groups -OCH3 is 1. The lowest BCUT2D eigenvalue weighted by molar-refractivity contribution is 0.0600. The monoisotopic (exact) mass is 300 g/mol. The minimum atomic E-state index is -0.392. The summed E-state index contributed by atoms with van der Waals surface area (Å²) in [5.41, 5.74) is 3.28. The zero-order valence-corrected chi connectivity index (χ0v) is 12.4. The van der Waals surface area contributed by atoms with Gasteiger partial charge in [0, 0.05) is 11.8 Å². The molecule has 4 nitrogen and oxygen atoms in total. The standard InChI is InChI=1S/C16H13ClN2O2/c1-10-4-3-5-11(8-10)15-18-14(17)13-7-6-12(9-19(13)15)16(20)21-2/h3-9H,1-2H3. The number of rotatable bonds is 2. The molecular weight excluding hydrogens is 288 g/mol. The van der Waals surface area contributed by atoms with Crippen molar-refractivity contribution in [2.75, 3.05) is 7.11 Å².